The van der Waals surface area contributed by atoms with Crippen LogP contribution in [0, 0.1) is 5.92 Å². The lowest BCUT2D eigenvalue weighted by Crippen LogP contribution is -2.33. The molecule has 74 valence electrons. The number of carboxylic acids is 1. The van der Waals surface area contributed by atoms with E-state index in [-0.39, 0.29) is 0 Å². The van der Waals surface area contributed by atoms with Crippen LogP contribution in [0.5, 0.6) is 0 Å². The van der Waals surface area contributed by atoms with E-state index in [1.165, 1.54) is 13.0 Å². The van der Waals surface area contributed by atoms with Gasteiger partial charge in [-0.25, -0.2) is 9.59 Å². The fourth-order valence-corrected chi connectivity index (χ4v) is 0.881. The molecule has 0 amide bonds. The van der Waals surface area contributed by atoms with Crippen LogP contribution in [0.4, 0.5) is 0 Å². The summed E-state index contributed by atoms with van der Waals surface area (Å²) in [5, 5.41) is 8.80. The number of aliphatic carboxylic acids is 1. The van der Waals surface area contributed by atoms with Crippen LogP contribution in [0.25, 0.3) is 0 Å². The molecule has 0 heterocycles. The smallest absolute Gasteiger partial charge is 0.332 e. The molecule has 1 N–H and O–H groups in total. The van der Waals surface area contributed by atoms with Gasteiger partial charge in [0, 0.05) is 0 Å². The molecule has 0 saturated carbocycles. The van der Waals surface area contributed by atoms with Crippen LogP contribution in [0.3, 0.4) is 0 Å². The second-order valence-electron chi connectivity index (χ2n) is 3.71. The molecular formula is C9H15NO3. The van der Waals surface area contributed by atoms with Gasteiger partial charge >= 0.3 is 5.97 Å². The second kappa shape index (κ2) is 4.77. The highest BCUT2D eigenvalue weighted by molar-refractivity contribution is 5.79. The first-order chi connectivity index (χ1) is 5.92. The number of hydrogen-bond acceptors (Lipinski definition) is 3. The molecule has 0 spiro atoms. The third kappa shape index (κ3) is 3.85. The van der Waals surface area contributed by atoms with Crippen LogP contribution in [0.1, 0.15) is 33.6 Å². The highest BCUT2D eigenvalue weighted by Gasteiger charge is 2.32. The average molecular weight is 185 g/mol. The van der Waals surface area contributed by atoms with Crippen molar-refractivity contribution in [2.75, 3.05) is 0 Å². The largest absolute Gasteiger partial charge is 0.479 e. The Balaban J connectivity index is 4.42. The molecule has 4 nitrogen and oxygen atoms in total. The Bertz CT molecular complexity index is 227. The van der Waals surface area contributed by atoms with Gasteiger partial charge in [0.05, 0.1) is 0 Å². The van der Waals surface area contributed by atoms with Crippen LogP contribution in [-0.4, -0.2) is 22.7 Å². The predicted molar refractivity (Wildman–Crippen MR) is 48.2 cm³/mol. The number of isocyanates is 1. The van der Waals surface area contributed by atoms with Crippen LogP contribution >= 0.6 is 0 Å². The Morgan fingerprint density at radius 3 is 2.46 bits per heavy atom. The van der Waals surface area contributed by atoms with E-state index in [4.69, 9.17) is 5.11 Å². The summed E-state index contributed by atoms with van der Waals surface area (Å²) in [6.07, 6.45) is 2.41. The Labute approximate surface area is 77.7 Å². The van der Waals surface area contributed by atoms with E-state index in [9.17, 15) is 9.59 Å². The van der Waals surface area contributed by atoms with Gasteiger partial charge in [-0.15, -0.1) is 0 Å². The summed E-state index contributed by atoms with van der Waals surface area (Å²) in [6, 6.07) is 0. The van der Waals surface area contributed by atoms with Crippen molar-refractivity contribution in [3.05, 3.63) is 0 Å². The molecule has 1 unspecified atom stereocenters. The SMILES string of the molecule is CC(C)CCC(C)(N=C=O)C(=O)O. The summed E-state index contributed by atoms with van der Waals surface area (Å²) < 4.78 is 0. The fraction of sp³-hybridized carbons (Fsp3) is 0.778. The van der Waals surface area contributed by atoms with Crippen molar-refractivity contribution in [3.8, 4) is 0 Å². The van der Waals surface area contributed by atoms with Crippen molar-refractivity contribution in [1.29, 1.82) is 0 Å². The van der Waals surface area contributed by atoms with Gasteiger partial charge in [0.25, 0.3) is 0 Å². The summed E-state index contributed by atoms with van der Waals surface area (Å²) in [6.45, 7) is 5.42. The van der Waals surface area contributed by atoms with E-state index in [1.54, 1.807) is 0 Å². The van der Waals surface area contributed by atoms with Crippen molar-refractivity contribution in [2.24, 2.45) is 10.9 Å². The normalized spacial score (nSPS) is 14.8. The van der Waals surface area contributed by atoms with Gasteiger partial charge in [-0.2, -0.15) is 4.99 Å². The van der Waals surface area contributed by atoms with Gasteiger partial charge < -0.3 is 5.11 Å². The molecule has 0 aliphatic heterocycles. The zero-order valence-electron chi connectivity index (χ0n) is 8.20. The maximum absolute atomic E-state index is 10.8. The summed E-state index contributed by atoms with van der Waals surface area (Å²) >= 11 is 0. The topological polar surface area (TPSA) is 66.7 Å². The molecule has 13 heavy (non-hydrogen) atoms. The highest BCUT2D eigenvalue weighted by atomic mass is 16.4. The Hall–Kier alpha value is -1.15. The van der Waals surface area contributed by atoms with Crippen molar-refractivity contribution in [2.45, 2.75) is 39.2 Å². The van der Waals surface area contributed by atoms with Crippen molar-refractivity contribution < 1.29 is 14.7 Å². The van der Waals surface area contributed by atoms with Gasteiger partial charge in [0.2, 0.25) is 6.08 Å². The summed E-state index contributed by atoms with van der Waals surface area (Å²) in [5.74, 6) is -0.669. The van der Waals surface area contributed by atoms with Gasteiger partial charge in [0.1, 0.15) is 0 Å². The number of rotatable bonds is 5. The molecule has 0 radical (unpaired) electrons. The van der Waals surface area contributed by atoms with Crippen LogP contribution in [-0.2, 0) is 9.59 Å². The van der Waals surface area contributed by atoms with E-state index in [0.717, 1.165) is 6.42 Å². The molecule has 0 rings (SSSR count). The Kier molecular flexibility index (Phi) is 4.35. The van der Waals surface area contributed by atoms with Crippen molar-refractivity contribution in [3.63, 3.8) is 0 Å². The van der Waals surface area contributed by atoms with Crippen LogP contribution in [0.15, 0.2) is 4.99 Å². The van der Waals surface area contributed by atoms with Crippen molar-refractivity contribution in [1.82, 2.24) is 0 Å². The summed E-state index contributed by atoms with van der Waals surface area (Å²) in [4.78, 5) is 24.1. The monoisotopic (exact) mass is 185 g/mol. The van der Waals surface area contributed by atoms with Crippen LogP contribution < -0.4 is 0 Å². The Morgan fingerprint density at radius 1 is 1.62 bits per heavy atom. The van der Waals surface area contributed by atoms with Gasteiger partial charge in [-0.1, -0.05) is 13.8 Å². The standard InChI is InChI=1S/C9H15NO3/c1-7(2)4-5-9(3,8(12)13)10-6-11/h7H,4-5H2,1-3H3,(H,12,13). The molecule has 0 aromatic rings. The summed E-state index contributed by atoms with van der Waals surface area (Å²) in [7, 11) is 0. The third-order valence-electron chi connectivity index (χ3n) is 1.96. The molecule has 4 heteroatoms. The van der Waals surface area contributed by atoms with Gasteiger partial charge in [-0.3, -0.25) is 0 Å². The van der Waals surface area contributed by atoms with E-state index < -0.39 is 11.5 Å². The molecule has 0 aromatic heterocycles. The van der Waals surface area contributed by atoms with E-state index >= 15 is 0 Å². The zero-order chi connectivity index (χ0) is 10.5. The predicted octanol–water partition coefficient (Wildman–Crippen LogP) is 1.60. The lowest BCUT2D eigenvalue weighted by atomic mass is 9.93. The first-order valence-corrected chi connectivity index (χ1v) is 4.25. The number of aliphatic imine (C=N–C) groups is 1. The number of nitrogens with zero attached hydrogens (tertiary/aromatic N) is 1. The average Bonchev–Trinajstić information content (AvgIpc) is 2.01. The number of hydrogen-bond donors (Lipinski definition) is 1. The molecule has 0 aliphatic rings. The molecule has 0 aliphatic carbocycles. The highest BCUT2D eigenvalue weighted by Crippen LogP contribution is 2.20. The molecule has 0 aromatic carbocycles. The summed E-state index contributed by atoms with van der Waals surface area (Å²) in [5.41, 5.74) is -1.30. The molecule has 0 saturated heterocycles. The van der Waals surface area contributed by atoms with Gasteiger partial charge in [0.15, 0.2) is 5.54 Å². The van der Waals surface area contributed by atoms with Crippen LogP contribution in [0.2, 0.25) is 0 Å². The number of carbonyl (C=O) groups is 1. The number of carbonyl (C=O) groups excluding carboxylic acids is 1. The van der Waals surface area contributed by atoms with Gasteiger partial charge in [-0.05, 0) is 25.7 Å². The minimum absolute atomic E-state index is 0.370. The first kappa shape index (κ1) is 11.8. The molecule has 0 fully saturated rings. The van der Waals surface area contributed by atoms with E-state index in [1.807, 2.05) is 13.8 Å². The Morgan fingerprint density at radius 2 is 2.15 bits per heavy atom. The molecular weight excluding hydrogens is 170 g/mol. The minimum Gasteiger partial charge on any atom is -0.479 e. The lowest BCUT2D eigenvalue weighted by Gasteiger charge is -2.18. The first-order valence-electron chi connectivity index (χ1n) is 4.25. The lowest BCUT2D eigenvalue weighted by molar-refractivity contribution is -0.142. The molecule has 1 atom stereocenters. The molecule has 0 bridgehead atoms. The second-order valence-corrected chi connectivity index (χ2v) is 3.71. The maximum atomic E-state index is 10.8. The zero-order valence-corrected chi connectivity index (χ0v) is 8.20. The fourth-order valence-electron chi connectivity index (χ4n) is 0.881. The quantitative estimate of drug-likeness (QED) is 0.522. The maximum Gasteiger partial charge on any atom is 0.332 e. The van der Waals surface area contributed by atoms with E-state index in [0.29, 0.717) is 12.3 Å². The van der Waals surface area contributed by atoms with E-state index in [2.05, 4.69) is 4.99 Å². The van der Waals surface area contributed by atoms with Crippen molar-refractivity contribution >= 4 is 12.0 Å². The minimum atomic E-state index is -1.30. The number of carboxylic acid groups (broad SMARTS) is 1. The third-order valence-corrected chi connectivity index (χ3v) is 1.96.